The molecule has 2 aromatic rings. The predicted molar refractivity (Wildman–Crippen MR) is 110 cm³/mol. The molecule has 0 fully saturated rings. The lowest BCUT2D eigenvalue weighted by Crippen LogP contribution is -2.27. The lowest BCUT2D eigenvalue weighted by Gasteiger charge is -2.18. The quantitative estimate of drug-likeness (QED) is 0.438. The van der Waals surface area contributed by atoms with Crippen LogP contribution in [0.1, 0.15) is 43.6 Å². The van der Waals surface area contributed by atoms with Crippen molar-refractivity contribution in [3.63, 3.8) is 0 Å². The van der Waals surface area contributed by atoms with Crippen LogP contribution in [-0.2, 0) is 14.3 Å². The number of halogens is 1. The molecule has 0 aliphatic rings. The summed E-state index contributed by atoms with van der Waals surface area (Å²) in [6, 6.07) is 12.0. The Balaban J connectivity index is 1.94. The number of amides is 1. The number of nitrogens with one attached hydrogen (secondary N) is 1. The first-order valence-corrected chi connectivity index (χ1v) is 9.16. The second-order valence-electron chi connectivity index (χ2n) is 7.61. The van der Waals surface area contributed by atoms with Gasteiger partial charge in [-0.25, -0.2) is 9.18 Å². The van der Waals surface area contributed by atoms with Crippen LogP contribution in [0.5, 0.6) is 0 Å². The van der Waals surface area contributed by atoms with Crippen LogP contribution < -0.4 is 5.32 Å². The number of hydrogen-bond donors (Lipinski definition) is 1. The molecule has 0 spiro atoms. The molecule has 0 aliphatic heterocycles. The summed E-state index contributed by atoms with van der Waals surface area (Å²) in [5.74, 6) is -1.54. The molecule has 0 aliphatic carbocycles. The highest BCUT2D eigenvalue weighted by atomic mass is 19.1. The first-order chi connectivity index (χ1) is 13.6. The number of carbonyl (C=O) groups is 3. The molecular formula is C23H24FNO4. The summed E-state index contributed by atoms with van der Waals surface area (Å²) in [6.07, 6.45) is 1.68. The van der Waals surface area contributed by atoms with Crippen LogP contribution >= 0.6 is 0 Å². The number of esters is 1. The third kappa shape index (κ3) is 6.68. The predicted octanol–water partition coefficient (Wildman–Crippen LogP) is 4.64. The maximum atomic E-state index is 12.9. The van der Waals surface area contributed by atoms with Gasteiger partial charge in [0.05, 0.1) is 0 Å². The summed E-state index contributed by atoms with van der Waals surface area (Å²) in [4.78, 5) is 36.4. The van der Waals surface area contributed by atoms with Gasteiger partial charge in [0.15, 0.2) is 6.10 Å². The van der Waals surface area contributed by atoms with E-state index in [9.17, 15) is 18.8 Å². The zero-order valence-electron chi connectivity index (χ0n) is 16.9. The Morgan fingerprint density at radius 1 is 1.00 bits per heavy atom. The van der Waals surface area contributed by atoms with Crippen molar-refractivity contribution in [2.45, 2.75) is 33.8 Å². The van der Waals surface area contributed by atoms with Crippen LogP contribution in [-0.4, -0.2) is 23.8 Å². The maximum absolute atomic E-state index is 12.9. The molecule has 0 saturated heterocycles. The lowest BCUT2D eigenvalue weighted by molar-refractivity contribution is -0.140. The van der Waals surface area contributed by atoms with Crippen LogP contribution in [0.2, 0.25) is 0 Å². The van der Waals surface area contributed by atoms with Crippen LogP contribution in [0.15, 0.2) is 54.6 Å². The average molecular weight is 397 g/mol. The molecule has 29 heavy (non-hydrogen) atoms. The molecule has 1 N–H and O–H groups in total. The zero-order valence-corrected chi connectivity index (χ0v) is 16.9. The van der Waals surface area contributed by atoms with E-state index in [1.807, 2.05) is 0 Å². The van der Waals surface area contributed by atoms with Crippen molar-refractivity contribution in [2.75, 3.05) is 5.32 Å². The van der Waals surface area contributed by atoms with E-state index in [1.165, 1.54) is 43.3 Å². The highest BCUT2D eigenvalue weighted by Crippen LogP contribution is 2.18. The number of ketones is 1. The topological polar surface area (TPSA) is 72.5 Å². The Kier molecular flexibility index (Phi) is 7.04. The highest BCUT2D eigenvalue weighted by Gasteiger charge is 2.22. The number of hydrogen-bond acceptors (Lipinski definition) is 4. The molecular weight excluding hydrogens is 373 g/mol. The second kappa shape index (κ2) is 9.28. The molecule has 0 radical (unpaired) electrons. The van der Waals surface area contributed by atoms with Crippen molar-refractivity contribution < 1.29 is 23.5 Å². The molecule has 0 saturated carbocycles. The third-order valence-electron chi connectivity index (χ3n) is 4.05. The molecule has 5 nitrogen and oxygen atoms in total. The van der Waals surface area contributed by atoms with Gasteiger partial charge in [0, 0.05) is 22.7 Å². The van der Waals surface area contributed by atoms with Crippen molar-refractivity contribution >= 4 is 29.4 Å². The van der Waals surface area contributed by atoms with Crippen molar-refractivity contribution in [2.24, 2.45) is 5.41 Å². The van der Waals surface area contributed by atoms with Crippen molar-refractivity contribution in [3.05, 3.63) is 71.6 Å². The summed E-state index contributed by atoms with van der Waals surface area (Å²) < 4.78 is 18.0. The van der Waals surface area contributed by atoms with Gasteiger partial charge in [0.25, 0.3) is 0 Å². The van der Waals surface area contributed by atoms with E-state index in [0.717, 1.165) is 0 Å². The number of Topliss-reactive ketones (excluding diaryl/α,β-unsaturated/α-hetero) is 1. The number of anilines is 1. The summed E-state index contributed by atoms with van der Waals surface area (Å²) in [5.41, 5.74) is 1.05. The molecule has 1 atom stereocenters. The monoisotopic (exact) mass is 397 g/mol. The maximum Gasteiger partial charge on any atom is 0.331 e. The Labute approximate surface area is 169 Å². The van der Waals surface area contributed by atoms with Gasteiger partial charge in [-0.05, 0) is 55.0 Å². The first kappa shape index (κ1) is 22.0. The van der Waals surface area contributed by atoms with E-state index in [2.05, 4.69) is 5.32 Å². The van der Waals surface area contributed by atoms with Gasteiger partial charge in [0.2, 0.25) is 11.7 Å². The molecule has 0 bridgehead atoms. The van der Waals surface area contributed by atoms with E-state index >= 15 is 0 Å². The minimum absolute atomic E-state index is 0.133. The summed E-state index contributed by atoms with van der Waals surface area (Å²) >= 11 is 0. The fraction of sp³-hybridized carbons (Fsp3) is 0.261. The van der Waals surface area contributed by atoms with Crippen molar-refractivity contribution in [1.82, 2.24) is 0 Å². The summed E-state index contributed by atoms with van der Waals surface area (Å²) in [5, 5.41) is 2.78. The fourth-order valence-electron chi connectivity index (χ4n) is 2.28. The summed E-state index contributed by atoms with van der Waals surface area (Å²) in [7, 11) is 0. The number of rotatable bonds is 6. The number of carbonyl (C=O) groups excluding carboxylic acids is 3. The third-order valence-corrected chi connectivity index (χ3v) is 4.05. The molecule has 2 rings (SSSR count). The minimum atomic E-state index is -0.976. The molecule has 152 valence electrons. The smallest absolute Gasteiger partial charge is 0.331 e. The Morgan fingerprint density at radius 3 is 2.14 bits per heavy atom. The largest absolute Gasteiger partial charge is 0.451 e. The molecule has 6 heteroatoms. The lowest BCUT2D eigenvalue weighted by atomic mass is 9.95. The van der Waals surface area contributed by atoms with Crippen LogP contribution in [0, 0.1) is 11.2 Å². The Bertz CT molecular complexity index is 909. The standard InChI is InChI=1S/C23H24FNO4/c1-15(29-20(26)14-7-16-5-10-18(24)11-6-16)21(27)17-8-12-19(13-9-17)25-22(28)23(2,3)4/h5-15H,1-4H3,(H,25,28)/b14-7+/t15-/m0/s1. The van der Waals surface area contributed by atoms with Gasteiger partial charge < -0.3 is 10.1 Å². The molecule has 0 aromatic heterocycles. The second-order valence-corrected chi connectivity index (χ2v) is 7.61. The summed E-state index contributed by atoms with van der Waals surface area (Å²) in [6.45, 7) is 6.91. The van der Waals surface area contributed by atoms with Gasteiger partial charge in [-0.15, -0.1) is 0 Å². The minimum Gasteiger partial charge on any atom is -0.451 e. The SMILES string of the molecule is C[C@H](OC(=O)/C=C/c1ccc(F)cc1)C(=O)c1ccc(NC(=O)C(C)(C)C)cc1. The van der Waals surface area contributed by atoms with E-state index in [-0.39, 0.29) is 17.5 Å². The van der Waals surface area contributed by atoms with E-state index in [0.29, 0.717) is 16.8 Å². The van der Waals surface area contributed by atoms with Gasteiger partial charge in [-0.2, -0.15) is 0 Å². The Hall–Kier alpha value is -3.28. The van der Waals surface area contributed by atoms with Gasteiger partial charge in [-0.1, -0.05) is 32.9 Å². The highest BCUT2D eigenvalue weighted by molar-refractivity contribution is 6.01. The Morgan fingerprint density at radius 2 is 1.59 bits per heavy atom. The van der Waals surface area contributed by atoms with Crippen LogP contribution in [0.4, 0.5) is 10.1 Å². The van der Waals surface area contributed by atoms with Crippen molar-refractivity contribution in [3.8, 4) is 0 Å². The number of benzene rings is 2. The normalized spacial score (nSPS) is 12.4. The van der Waals surface area contributed by atoms with Crippen molar-refractivity contribution in [1.29, 1.82) is 0 Å². The van der Waals surface area contributed by atoms with E-state index in [4.69, 9.17) is 4.74 Å². The molecule has 0 unspecified atom stereocenters. The molecule has 2 aromatic carbocycles. The molecule has 1 amide bonds. The van der Waals surface area contributed by atoms with Crippen LogP contribution in [0.3, 0.4) is 0 Å². The van der Waals surface area contributed by atoms with Gasteiger partial charge in [-0.3, -0.25) is 9.59 Å². The van der Waals surface area contributed by atoms with Gasteiger partial charge in [0.1, 0.15) is 5.82 Å². The first-order valence-electron chi connectivity index (χ1n) is 9.16. The van der Waals surface area contributed by atoms with E-state index in [1.54, 1.807) is 45.0 Å². The van der Waals surface area contributed by atoms with Gasteiger partial charge >= 0.3 is 5.97 Å². The zero-order chi connectivity index (χ0) is 21.6. The average Bonchev–Trinajstić information content (AvgIpc) is 2.66. The molecule has 0 heterocycles. The number of ether oxygens (including phenoxy) is 1. The van der Waals surface area contributed by atoms with E-state index < -0.39 is 17.5 Å². The fourth-order valence-corrected chi connectivity index (χ4v) is 2.28. The van der Waals surface area contributed by atoms with Crippen LogP contribution in [0.25, 0.3) is 6.08 Å².